The molecule has 0 aliphatic heterocycles. The second kappa shape index (κ2) is 9.60. The molecule has 0 spiro atoms. The van der Waals surface area contributed by atoms with Crippen LogP contribution in [0.3, 0.4) is 0 Å². The highest BCUT2D eigenvalue weighted by molar-refractivity contribution is 9.10. The van der Waals surface area contributed by atoms with Gasteiger partial charge in [0.15, 0.2) is 0 Å². The van der Waals surface area contributed by atoms with Crippen molar-refractivity contribution in [1.82, 2.24) is 14.9 Å². The first-order valence-corrected chi connectivity index (χ1v) is 8.45. The standard InChI is InChI=1S/C17H23BrN4O/c1-22(10-11-23-2)9-8-16(14-6-4-3-5-7-14)21-17-19-12-15(18)13-20-17/h3-7,12-13,16H,8-11H2,1-2H3,(H,19,20,21)/t16-/m1/s1. The third kappa shape index (κ3) is 6.25. The third-order valence-corrected chi connectivity index (χ3v) is 4.01. The molecule has 1 aromatic carbocycles. The van der Waals surface area contributed by atoms with Gasteiger partial charge in [-0.3, -0.25) is 0 Å². The molecule has 0 aliphatic rings. The maximum atomic E-state index is 5.13. The van der Waals surface area contributed by atoms with Crippen LogP contribution in [0.5, 0.6) is 0 Å². The number of aromatic nitrogens is 2. The average Bonchev–Trinajstić information content (AvgIpc) is 2.59. The van der Waals surface area contributed by atoms with Gasteiger partial charge in [-0.1, -0.05) is 30.3 Å². The minimum absolute atomic E-state index is 0.169. The topological polar surface area (TPSA) is 50.3 Å². The molecule has 6 heteroatoms. The molecule has 2 rings (SSSR count). The van der Waals surface area contributed by atoms with E-state index in [0.29, 0.717) is 5.95 Å². The predicted octanol–water partition coefficient (Wildman–Crippen LogP) is 3.36. The number of ether oxygens (including phenoxy) is 1. The third-order valence-electron chi connectivity index (χ3n) is 3.60. The Balaban J connectivity index is 2.02. The predicted molar refractivity (Wildman–Crippen MR) is 96.5 cm³/mol. The van der Waals surface area contributed by atoms with E-state index in [1.54, 1.807) is 19.5 Å². The first-order chi connectivity index (χ1) is 11.2. The quantitative estimate of drug-likeness (QED) is 0.724. The monoisotopic (exact) mass is 378 g/mol. The lowest BCUT2D eigenvalue weighted by Gasteiger charge is -2.23. The molecule has 0 amide bonds. The number of benzene rings is 1. The number of methoxy groups -OCH3 is 1. The second-order valence-corrected chi connectivity index (χ2v) is 6.33. The maximum Gasteiger partial charge on any atom is 0.223 e. The summed E-state index contributed by atoms with van der Waals surface area (Å²) in [6.45, 7) is 2.63. The van der Waals surface area contributed by atoms with Crippen molar-refractivity contribution >= 4 is 21.9 Å². The maximum absolute atomic E-state index is 5.13. The van der Waals surface area contributed by atoms with Crippen LogP contribution in [0.15, 0.2) is 47.2 Å². The largest absolute Gasteiger partial charge is 0.383 e. The number of hydrogen-bond donors (Lipinski definition) is 1. The smallest absolute Gasteiger partial charge is 0.223 e. The summed E-state index contributed by atoms with van der Waals surface area (Å²) in [5, 5.41) is 3.43. The molecule has 5 nitrogen and oxygen atoms in total. The van der Waals surface area contributed by atoms with Crippen LogP contribution in [0.1, 0.15) is 18.0 Å². The van der Waals surface area contributed by atoms with Crippen molar-refractivity contribution in [2.45, 2.75) is 12.5 Å². The molecule has 1 N–H and O–H groups in total. The van der Waals surface area contributed by atoms with Crippen molar-refractivity contribution in [3.63, 3.8) is 0 Å². The van der Waals surface area contributed by atoms with E-state index in [2.05, 4.69) is 67.4 Å². The minimum atomic E-state index is 0.169. The summed E-state index contributed by atoms with van der Waals surface area (Å²) in [4.78, 5) is 10.9. The van der Waals surface area contributed by atoms with Gasteiger partial charge in [0.25, 0.3) is 0 Å². The van der Waals surface area contributed by atoms with Crippen LogP contribution in [-0.2, 0) is 4.74 Å². The SMILES string of the molecule is COCCN(C)CC[C@@H](Nc1ncc(Br)cn1)c1ccccc1. The molecule has 23 heavy (non-hydrogen) atoms. The lowest BCUT2D eigenvalue weighted by Crippen LogP contribution is -2.26. The van der Waals surface area contributed by atoms with Crippen LogP contribution in [0.25, 0.3) is 0 Å². The molecular formula is C17H23BrN4O. The van der Waals surface area contributed by atoms with Gasteiger partial charge in [-0.15, -0.1) is 0 Å². The molecule has 0 fully saturated rings. The molecule has 0 aliphatic carbocycles. The number of hydrogen-bond acceptors (Lipinski definition) is 5. The van der Waals surface area contributed by atoms with Crippen molar-refractivity contribution in [2.75, 3.05) is 39.2 Å². The molecule has 2 aromatic rings. The molecule has 1 aromatic heterocycles. The van der Waals surface area contributed by atoms with E-state index in [1.807, 2.05) is 6.07 Å². The molecule has 0 radical (unpaired) electrons. The Labute approximate surface area is 146 Å². The lowest BCUT2D eigenvalue weighted by molar-refractivity contribution is 0.160. The summed E-state index contributed by atoms with van der Waals surface area (Å²) in [6, 6.07) is 10.6. The molecule has 0 saturated heterocycles. The summed E-state index contributed by atoms with van der Waals surface area (Å²) >= 11 is 3.36. The number of nitrogens with zero attached hydrogens (tertiary/aromatic N) is 3. The van der Waals surface area contributed by atoms with E-state index in [1.165, 1.54) is 5.56 Å². The molecule has 0 bridgehead atoms. The first kappa shape index (κ1) is 17.8. The van der Waals surface area contributed by atoms with Gasteiger partial charge in [-0.2, -0.15) is 0 Å². The fourth-order valence-electron chi connectivity index (χ4n) is 2.26. The van der Waals surface area contributed by atoms with E-state index in [9.17, 15) is 0 Å². The number of nitrogens with one attached hydrogen (secondary N) is 1. The van der Waals surface area contributed by atoms with Crippen molar-refractivity contribution in [3.05, 3.63) is 52.8 Å². The number of halogens is 1. The lowest BCUT2D eigenvalue weighted by atomic mass is 10.0. The van der Waals surface area contributed by atoms with Crippen LogP contribution in [0.4, 0.5) is 5.95 Å². The fraction of sp³-hybridized carbons (Fsp3) is 0.412. The van der Waals surface area contributed by atoms with Gasteiger partial charge >= 0.3 is 0 Å². The molecule has 0 unspecified atom stereocenters. The van der Waals surface area contributed by atoms with Crippen molar-refractivity contribution in [1.29, 1.82) is 0 Å². The number of rotatable bonds is 9. The zero-order valence-electron chi connectivity index (χ0n) is 13.6. The number of likely N-dealkylation sites (N-methyl/N-ethyl adjacent to an activating group) is 1. The van der Waals surface area contributed by atoms with E-state index in [4.69, 9.17) is 4.74 Å². The van der Waals surface area contributed by atoms with Crippen LogP contribution >= 0.6 is 15.9 Å². The first-order valence-electron chi connectivity index (χ1n) is 7.65. The van der Waals surface area contributed by atoms with E-state index in [0.717, 1.165) is 30.6 Å². The van der Waals surface area contributed by atoms with Gasteiger partial charge < -0.3 is 15.0 Å². The Hall–Kier alpha value is -1.50. The molecule has 124 valence electrons. The summed E-state index contributed by atoms with van der Waals surface area (Å²) in [6.07, 6.45) is 4.47. The van der Waals surface area contributed by atoms with Gasteiger partial charge in [0.2, 0.25) is 5.95 Å². The van der Waals surface area contributed by atoms with Crippen molar-refractivity contribution < 1.29 is 4.74 Å². The summed E-state index contributed by atoms with van der Waals surface area (Å²) in [7, 11) is 3.84. The van der Waals surface area contributed by atoms with Crippen LogP contribution in [-0.4, -0.2) is 48.7 Å². The van der Waals surface area contributed by atoms with Crippen LogP contribution < -0.4 is 5.32 Å². The second-order valence-electron chi connectivity index (χ2n) is 5.42. The Bertz CT molecular complexity index is 565. The zero-order chi connectivity index (χ0) is 16.5. The van der Waals surface area contributed by atoms with E-state index in [-0.39, 0.29) is 6.04 Å². The summed E-state index contributed by atoms with van der Waals surface area (Å²) < 4.78 is 6.00. The van der Waals surface area contributed by atoms with Gasteiger partial charge in [-0.05, 0) is 35.0 Å². The van der Waals surface area contributed by atoms with E-state index >= 15 is 0 Å². The van der Waals surface area contributed by atoms with Crippen LogP contribution in [0.2, 0.25) is 0 Å². The van der Waals surface area contributed by atoms with Gasteiger partial charge in [0, 0.05) is 32.6 Å². The summed E-state index contributed by atoms with van der Waals surface area (Å²) in [5.41, 5.74) is 1.24. The molecule has 1 atom stereocenters. The molecular weight excluding hydrogens is 356 g/mol. The van der Waals surface area contributed by atoms with Gasteiger partial charge in [0.05, 0.1) is 17.1 Å². The summed E-state index contributed by atoms with van der Waals surface area (Å²) in [5.74, 6) is 0.640. The highest BCUT2D eigenvalue weighted by Crippen LogP contribution is 2.21. The minimum Gasteiger partial charge on any atom is -0.383 e. The van der Waals surface area contributed by atoms with E-state index < -0.39 is 0 Å². The Morgan fingerprint density at radius 3 is 2.52 bits per heavy atom. The molecule has 0 saturated carbocycles. The van der Waals surface area contributed by atoms with Gasteiger partial charge in [0.1, 0.15) is 0 Å². The highest BCUT2D eigenvalue weighted by atomic mass is 79.9. The zero-order valence-corrected chi connectivity index (χ0v) is 15.2. The van der Waals surface area contributed by atoms with Crippen molar-refractivity contribution in [3.8, 4) is 0 Å². The van der Waals surface area contributed by atoms with Crippen LogP contribution in [0, 0.1) is 0 Å². The molecule has 1 heterocycles. The Kier molecular flexibility index (Phi) is 7.45. The Morgan fingerprint density at radius 2 is 1.87 bits per heavy atom. The fourth-order valence-corrected chi connectivity index (χ4v) is 2.46. The average molecular weight is 379 g/mol. The van der Waals surface area contributed by atoms with Crippen molar-refractivity contribution in [2.24, 2.45) is 0 Å². The normalized spacial score (nSPS) is 12.3. The number of anilines is 1. The van der Waals surface area contributed by atoms with Gasteiger partial charge in [-0.25, -0.2) is 9.97 Å². The highest BCUT2D eigenvalue weighted by Gasteiger charge is 2.13. The Morgan fingerprint density at radius 1 is 1.17 bits per heavy atom.